The molecule has 0 amide bonds. The third-order valence-electron chi connectivity index (χ3n) is 3.25. The van der Waals surface area contributed by atoms with Gasteiger partial charge in [0.15, 0.2) is 0 Å². The maximum absolute atomic E-state index is 4.21. The summed E-state index contributed by atoms with van der Waals surface area (Å²) in [5.41, 5.74) is 5.12. The number of hydrogen-bond donors (Lipinski definition) is 0. The maximum Gasteiger partial charge on any atom is 0.0152 e. The van der Waals surface area contributed by atoms with Gasteiger partial charge in [-0.1, -0.05) is 91.1 Å². The minimum Gasteiger partial charge on any atom is -0.0990 e. The fourth-order valence-corrected chi connectivity index (χ4v) is 2.23. The number of allylic oxidation sites excluding steroid dienone is 4. The summed E-state index contributed by atoms with van der Waals surface area (Å²) in [6, 6.07) is 8.50. The third-order valence-corrected chi connectivity index (χ3v) is 3.25. The van der Waals surface area contributed by atoms with Gasteiger partial charge >= 0.3 is 0 Å². The highest BCUT2D eigenvalue weighted by Crippen LogP contribution is 2.48. The largest absolute Gasteiger partial charge is 0.0990 e. The second kappa shape index (κ2) is 7.78. The molecule has 0 radical (unpaired) electrons. The zero-order valence-corrected chi connectivity index (χ0v) is 13.4. The summed E-state index contributed by atoms with van der Waals surface area (Å²) in [7, 11) is 0. The summed E-state index contributed by atoms with van der Waals surface area (Å²) in [6.45, 7) is 20.4. The number of fused-ring (bicyclic) bond motifs is 1. The Bertz CT molecular complexity index is 459. The van der Waals surface area contributed by atoms with E-state index < -0.39 is 0 Å². The van der Waals surface area contributed by atoms with Gasteiger partial charge in [-0.2, -0.15) is 0 Å². The van der Waals surface area contributed by atoms with E-state index in [1.54, 1.807) is 0 Å². The number of benzene rings is 1. The lowest BCUT2D eigenvalue weighted by Gasteiger charge is -2.20. The summed E-state index contributed by atoms with van der Waals surface area (Å²) < 4.78 is 0. The Morgan fingerprint density at radius 2 is 1.53 bits per heavy atom. The van der Waals surface area contributed by atoms with Crippen molar-refractivity contribution in [3.05, 3.63) is 66.3 Å². The summed E-state index contributed by atoms with van der Waals surface area (Å²) in [6.07, 6.45) is 3.88. The molecule has 0 saturated heterocycles. The molecule has 0 atom stereocenters. The van der Waals surface area contributed by atoms with Crippen LogP contribution in [0.2, 0.25) is 0 Å². The molecule has 0 spiro atoms. The van der Waals surface area contributed by atoms with Gasteiger partial charge in [-0.05, 0) is 22.3 Å². The summed E-state index contributed by atoms with van der Waals surface area (Å²) >= 11 is 0. The standard InChI is InChI=1S/C15H16.2C2H6/c1-5-8-12-11(2)15(3,4)14-10-7-6-9-13(12)14;2*1-2/h5-10H,1-2H2,3-4H3;2*1-2H3/b12-8+;;. The fraction of sp³-hybridized carbons (Fsp3) is 0.368. The maximum atomic E-state index is 4.21. The van der Waals surface area contributed by atoms with E-state index in [1.807, 2.05) is 33.8 Å². The van der Waals surface area contributed by atoms with Crippen LogP contribution in [-0.4, -0.2) is 0 Å². The van der Waals surface area contributed by atoms with E-state index in [2.05, 4.69) is 57.3 Å². The predicted molar refractivity (Wildman–Crippen MR) is 89.5 cm³/mol. The fourth-order valence-electron chi connectivity index (χ4n) is 2.23. The van der Waals surface area contributed by atoms with Crippen LogP contribution in [0.1, 0.15) is 52.7 Å². The number of rotatable bonds is 1. The molecule has 0 aromatic heterocycles. The van der Waals surface area contributed by atoms with Crippen molar-refractivity contribution < 1.29 is 0 Å². The summed E-state index contributed by atoms with van der Waals surface area (Å²) in [5.74, 6) is 0. The Balaban J connectivity index is 0.000000741. The number of hydrogen-bond acceptors (Lipinski definition) is 0. The van der Waals surface area contributed by atoms with Crippen molar-refractivity contribution in [2.45, 2.75) is 47.0 Å². The highest BCUT2D eigenvalue weighted by Gasteiger charge is 2.35. The second-order valence-electron chi connectivity index (χ2n) is 4.47. The Labute approximate surface area is 119 Å². The molecule has 1 aliphatic rings. The molecular formula is C19H28. The quantitative estimate of drug-likeness (QED) is 0.565. The van der Waals surface area contributed by atoms with Crippen molar-refractivity contribution in [2.24, 2.45) is 0 Å². The molecule has 0 fully saturated rings. The van der Waals surface area contributed by atoms with Crippen LogP contribution in [0.4, 0.5) is 0 Å². The van der Waals surface area contributed by atoms with E-state index in [-0.39, 0.29) is 5.41 Å². The molecule has 1 aliphatic carbocycles. The van der Waals surface area contributed by atoms with Gasteiger partial charge in [0.1, 0.15) is 0 Å². The van der Waals surface area contributed by atoms with Crippen molar-refractivity contribution >= 4 is 5.57 Å². The van der Waals surface area contributed by atoms with Crippen LogP contribution in [-0.2, 0) is 5.41 Å². The first-order valence-electron chi connectivity index (χ1n) is 7.21. The molecule has 0 heteroatoms. The van der Waals surface area contributed by atoms with Gasteiger partial charge in [0.25, 0.3) is 0 Å². The summed E-state index contributed by atoms with van der Waals surface area (Å²) in [4.78, 5) is 0. The van der Waals surface area contributed by atoms with Crippen LogP contribution in [0, 0.1) is 0 Å². The molecule has 0 aliphatic heterocycles. The van der Waals surface area contributed by atoms with Crippen LogP contribution in [0.25, 0.3) is 5.57 Å². The monoisotopic (exact) mass is 256 g/mol. The topological polar surface area (TPSA) is 0 Å². The van der Waals surface area contributed by atoms with Crippen molar-refractivity contribution in [3.63, 3.8) is 0 Å². The highest BCUT2D eigenvalue weighted by molar-refractivity contribution is 5.89. The van der Waals surface area contributed by atoms with Gasteiger partial charge in [0, 0.05) is 5.41 Å². The van der Waals surface area contributed by atoms with Gasteiger partial charge < -0.3 is 0 Å². The second-order valence-corrected chi connectivity index (χ2v) is 4.47. The van der Waals surface area contributed by atoms with Crippen LogP contribution < -0.4 is 0 Å². The minimum atomic E-state index is 0.0471. The van der Waals surface area contributed by atoms with Gasteiger partial charge in [-0.15, -0.1) is 0 Å². The molecule has 0 nitrogen and oxygen atoms in total. The van der Waals surface area contributed by atoms with E-state index >= 15 is 0 Å². The Kier molecular flexibility index (Phi) is 7.14. The van der Waals surface area contributed by atoms with Crippen molar-refractivity contribution in [3.8, 4) is 0 Å². The molecule has 2 rings (SSSR count). The Hall–Kier alpha value is -1.56. The lowest BCUT2D eigenvalue weighted by atomic mass is 9.83. The predicted octanol–water partition coefficient (Wildman–Crippen LogP) is 6.16. The first-order chi connectivity index (χ1) is 9.09. The van der Waals surface area contributed by atoms with E-state index in [4.69, 9.17) is 0 Å². The van der Waals surface area contributed by atoms with Crippen LogP contribution >= 0.6 is 0 Å². The van der Waals surface area contributed by atoms with Gasteiger partial charge in [0.05, 0.1) is 0 Å². The SMILES string of the molecule is C=C/C=C1\C(=C)C(C)(C)c2ccccc21.CC.CC. The van der Waals surface area contributed by atoms with Crippen molar-refractivity contribution in [1.82, 2.24) is 0 Å². The van der Waals surface area contributed by atoms with E-state index in [1.165, 1.54) is 22.3 Å². The van der Waals surface area contributed by atoms with Crippen LogP contribution in [0.3, 0.4) is 0 Å². The molecule has 0 N–H and O–H groups in total. The van der Waals surface area contributed by atoms with E-state index in [0.29, 0.717) is 0 Å². The smallest absolute Gasteiger partial charge is 0.0152 e. The molecule has 1 aromatic rings. The lowest BCUT2D eigenvalue weighted by molar-refractivity contribution is 0.663. The molecule has 0 heterocycles. The van der Waals surface area contributed by atoms with E-state index in [0.717, 1.165) is 0 Å². The van der Waals surface area contributed by atoms with Gasteiger partial charge in [0.2, 0.25) is 0 Å². The zero-order chi connectivity index (χ0) is 15.1. The van der Waals surface area contributed by atoms with Crippen LogP contribution in [0.5, 0.6) is 0 Å². The first-order valence-corrected chi connectivity index (χ1v) is 7.21. The molecular weight excluding hydrogens is 228 g/mol. The Morgan fingerprint density at radius 3 is 2.05 bits per heavy atom. The van der Waals surface area contributed by atoms with E-state index in [9.17, 15) is 0 Å². The van der Waals surface area contributed by atoms with Crippen molar-refractivity contribution in [2.75, 3.05) is 0 Å². The first kappa shape index (κ1) is 17.4. The Morgan fingerprint density at radius 1 is 1.00 bits per heavy atom. The molecule has 104 valence electrons. The molecule has 19 heavy (non-hydrogen) atoms. The van der Waals surface area contributed by atoms with Gasteiger partial charge in [-0.3, -0.25) is 0 Å². The molecule has 0 bridgehead atoms. The van der Waals surface area contributed by atoms with Crippen LogP contribution in [0.15, 0.2) is 55.1 Å². The average molecular weight is 256 g/mol. The van der Waals surface area contributed by atoms with Gasteiger partial charge in [-0.25, -0.2) is 0 Å². The average Bonchev–Trinajstić information content (AvgIpc) is 2.66. The molecule has 0 unspecified atom stereocenters. The van der Waals surface area contributed by atoms with Crippen molar-refractivity contribution in [1.29, 1.82) is 0 Å². The highest BCUT2D eigenvalue weighted by atomic mass is 14.4. The molecule has 1 aromatic carbocycles. The lowest BCUT2D eigenvalue weighted by Crippen LogP contribution is -2.13. The molecule has 0 saturated carbocycles. The zero-order valence-electron chi connectivity index (χ0n) is 13.4. The minimum absolute atomic E-state index is 0.0471. The third kappa shape index (κ3) is 3.26. The summed E-state index contributed by atoms with van der Waals surface area (Å²) in [5, 5.41) is 0. The normalized spacial score (nSPS) is 16.7.